The van der Waals surface area contributed by atoms with Gasteiger partial charge in [-0.25, -0.2) is 4.68 Å². The lowest BCUT2D eigenvalue weighted by molar-refractivity contribution is -0.174. The summed E-state index contributed by atoms with van der Waals surface area (Å²) in [5.74, 6) is -0.203. The number of hydrogen-bond donors (Lipinski definition) is 2. The van der Waals surface area contributed by atoms with E-state index in [1.807, 2.05) is 0 Å². The molecule has 1 aromatic carbocycles. The molecule has 152 valence electrons. The van der Waals surface area contributed by atoms with Crippen LogP contribution in [0.5, 0.6) is 0 Å². The number of carbonyl (C=O) groups excluding carboxylic acids is 1. The van der Waals surface area contributed by atoms with Gasteiger partial charge in [-0.2, -0.15) is 18.3 Å². The average Bonchev–Trinajstić information content (AvgIpc) is 3.35. The Kier molecular flexibility index (Phi) is 4.99. The van der Waals surface area contributed by atoms with Crippen molar-refractivity contribution < 1.29 is 22.4 Å². The molecule has 0 saturated carbocycles. The van der Waals surface area contributed by atoms with E-state index in [1.165, 1.54) is 6.26 Å². The third kappa shape index (κ3) is 3.82. The number of nitrogens with zero attached hydrogens (tertiary/aromatic N) is 2. The van der Waals surface area contributed by atoms with Crippen LogP contribution in [0.4, 0.5) is 19.0 Å². The molecule has 1 aliphatic rings. The SMILES string of the molecule is O=C(NCc1ccccc1Cl)c1cnn2c1NC(c1ccco1)CC2C(F)(F)F. The maximum Gasteiger partial charge on any atom is 0.410 e. The van der Waals surface area contributed by atoms with Crippen molar-refractivity contribution in [1.82, 2.24) is 15.1 Å². The molecule has 0 saturated heterocycles. The summed E-state index contributed by atoms with van der Waals surface area (Å²) in [7, 11) is 0. The van der Waals surface area contributed by atoms with Crippen molar-refractivity contribution in [1.29, 1.82) is 0 Å². The van der Waals surface area contributed by atoms with Crippen molar-refractivity contribution in [2.45, 2.75) is 31.2 Å². The first kappa shape index (κ1) is 19.4. The fourth-order valence-corrected chi connectivity index (χ4v) is 3.52. The number of amides is 1. The molecular formula is C19H16ClF3N4O2. The zero-order valence-electron chi connectivity index (χ0n) is 14.9. The molecular weight excluding hydrogens is 409 g/mol. The lowest BCUT2D eigenvalue weighted by atomic mass is 10.0. The van der Waals surface area contributed by atoms with Crippen molar-refractivity contribution in [2.75, 3.05) is 5.32 Å². The summed E-state index contributed by atoms with van der Waals surface area (Å²) in [4.78, 5) is 12.7. The Morgan fingerprint density at radius 2 is 2.10 bits per heavy atom. The van der Waals surface area contributed by atoms with Crippen LogP contribution in [0.15, 0.2) is 53.3 Å². The monoisotopic (exact) mass is 424 g/mol. The van der Waals surface area contributed by atoms with Gasteiger partial charge in [0.05, 0.1) is 18.5 Å². The Labute approximate surface area is 168 Å². The normalized spacial score (nSPS) is 18.8. The molecule has 1 aliphatic heterocycles. The average molecular weight is 425 g/mol. The summed E-state index contributed by atoms with van der Waals surface area (Å²) in [6, 6.07) is 7.55. The number of nitrogens with one attached hydrogen (secondary N) is 2. The number of alkyl halides is 3. The molecule has 0 aliphatic carbocycles. The highest BCUT2D eigenvalue weighted by Crippen LogP contribution is 2.44. The molecule has 0 radical (unpaired) electrons. The summed E-state index contributed by atoms with van der Waals surface area (Å²) in [6.07, 6.45) is -2.30. The second kappa shape index (κ2) is 7.47. The van der Waals surface area contributed by atoms with Crippen molar-refractivity contribution in [2.24, 2.45) is 0 Å². The van der Waals surface area contributed by atoms with Crippen LogP contribution < -0.4 is 10.6 Å². The number of furan rings is 1. The van der Waals surface area contributed by atoms with E-state index in [9.17, 15) is 18.0 Å². The zero-order chi connectivity index (χ0) is 20.6. The van der Waals surface area contributed by atoms with Crippen LogP contribution in [0.1, 0.15) is 40.2 Å². The van der Waals surface area contributed by atoms with Gasteiger partial charge >= 0.3 is 6.18 Å². The molecule has 1 amide bonds. The first-order valence-corrected chi connectivity index (χ1v) is 9.18. The second-order valence-electron chi connectivity index (χ2n) is 6.63. The highest BCUT2D eigenvalue weighted by Gasteiger charge is 2.47. The number of rotatable bonds is 4. The number of fused-ring (bicyclic) bond motifs is 1. The largest absolute Gasteiger partial charge is 0.467 e. The maximum atomic E-state index is 13.6. The number of halogens is 4. The van der Waals surface area contributed by atoms with Crippen LogP contribution in [-0.2, 0) is 6.54 Å². The van der Waals surface area contributed by atoms with Gasteiger partial charge < -0.3 is 15.1 Å². The minimum absolute atomic E-state index is 0.00312. The van der Waals surface area contributed by atoms with E-state index >= 15 is 0 Å². The van der Waals surface area contributed by atoms with Crippen molar-refractivity contribution in [3.8, 4) is 0 Å². The zero-order valence-corrected chi connectivity index (χ0v) is 15.7. The third-order valence-corrected chi connectivity index (χ3v) is 5.14. The Bertz CT molecular complexity index is 1020. The summed E-state index contributed by atoms with van der Waals surface area (Å²) >= 11 is 6.08. The quantitative estimate of drug-likeness (QED) is 0.635. The van der Waals surface area contributed by atoms with Gasteiger partial charge in [-0.3, -0.25) is 4.79 Å². The maximum absolute atomic E-state index is 13.6. The predicted molar refractivity (Wildman–Crippen MR) is 99.6 cm³/mol. The van der Waals surface area contributed by atoms with E-state index in [-0.39, 0.29) is 24.3 Å². The van der Waals surface area contributed by atoms with Gasteiger partial charge in [0.2, 0.25) is 0 Å². The second-order valence-corrected chi connectivity index (χ2v) is 7.04. The van der Waals surface area contributed by atoms with E-state index < -0.39 is 24.2 Å². The number of benzene rings is 1. The van der Waals surface area contributed by atoms with Crippen LogP contribution in [0.2, 0.25) is 5.02 Å². The molecule has 3 aromatic rings. The molecule has 2 unspecified atom stereocenters. The fraction of sp³-hybridized carbons (Fsp3) is 0.263. The topological polar surface area (TPSA) is 72.1 Å². The predicted octanol–water partition coefficient (Wildman–Crippen LogP) is 4.72. The fourth-order valence-electron chi connectivity index (χ4n) is 3.32. The lowest BCUT2D eigenvalue weighted by Gasteiger charge is -2.32. The summed E-state index contributed by atoms with van der Waals surface area (Å²) in [5.41, 5.74) is 0.709. The van der Waals surface area contributed by atoms with E-state index in [0.717, 1.165) is 10.9 Å². The van der Waals surface area contributed by atoms with Crippen LogP contribution in [-0.4, -0.2) is 21.9 Å². The smallest absolute Gasteiger partial charge is 0.410 e. The molecule has 29 heavy (non-hydrogen) atoms. The van der Waals surface area contributed by atoms with Crippen LogP contribution in [0, 0.1) is 0 Å². The molecule has 0 spiro atoms. The van der Waals surface area contributed by atoms with E-state index in [1.54, 1.807) is 36.4 Å². The van der Waals surface area contributed by atoms with Gasteiger partial charge in [-0.15, -0.1) is 0 Å². The van der Waals surface area contributed by atoms with Gasteiger partial charge in [0.25, 0.3) is 5.91 Å². The molecule has 0 bridgehead atoms. The Morgan fingerprint density at radius 3 is 2.79 bits per heavy atom. The Morgan fingerprint density at radius 1 is 1.31 bits per heavy atom. The Balaban J connectivity index is 1.61. The number of aromatic nitrogens is 2. The summed E-state index contributed by atoms with van der Waals surface area (Å²) in [5, 5.41) is 9.95. The molecule has 2 aromatic heterocycles. The van der Waals surface area contributed by atoms with E-state index in [2.05, 4.69) is 15.7 Å². The molecule has 4 rings (SSSR count). The summed E-state index contributed by atoms with van der Waals surface area (Å²) < 4.78 is 47.0. The number of carbonyl (C=O) groups is 1. The van der Waals surface area contributed by atoms with Gasteiger partial charge in [0.15, 0.2) is 6.04 Å². The van der Waals surface area contributed by atoms with Gasteiger partial charge in [-0.1, -0.05) is 29.8 Å². The third-order valence-electron chi connectivity index (χ3n) is 4.77. The minimum Gasteiger partial charge on any atom is -0.467 e. The number of hydrogen-bond acceptors (Lipinski definition) is 4. The highest BCUT2D eigenvalue weighted by molar-refractivity contribution is 6.31. The van der Waals surface area contributed by atoms with Crippen LogP contribution >= 0.6 is 11.6 Å². The summed E-state index contributed by atoms with van der Waals surface area (Å²) in [6.45, 7) is 0.132. The lowest BCUT2D eigenvalue weighted by Crippen LogP contribution is -2.36. The molecule has 2 atom stereocenters. The van der Waals surface area contributed by atoms with Gasteiger partial charge in [0.1, 0.15) is 17.1 Å². The van der Waals surface area contributed by atoms with E-state index in [4.69, 9.17) is 16.0 Å². The van der Waals surface area contributed by atoms with Crippen LogP contribution in [0.25, 0.3) is 0 Å². The standard InChI is InChI=1S/C19H16ClF3N4O2/c20-13-5-2-1-4-11(13)9-24-18(28)12-10-25-27-16(19(21,22)23)8-14(26-17(12)27)15-6-3-7-29-15/h1-7,10,14,16,26H,8-9H2,(H,24,28). The van der Waals surface area contributed by atoms with Gasteiger partial charge in [-0.05, 0) is 23.8 Å². The number of anilines is 1. The van der Waals surface area contributed by atoms with Crippen molar-refractivity contribution in [3.63, 3.8) is 0 Å². The highest BCUT2D eigenvalue weighted by atomic mass is 35.5. The minimum atomic E-state index is -4.53. The van der Waals surface area contributed by atoms with Crippen molar-refractivity contribution >= 4 is 23.3 Å². The van der Waals surface area contributed by atoms with Crippen LogP contribution in [0.3, 0.4) is 0 Å². The molecule has 2 N–H and O–H groups in total. The Hall–Kier alpha value is -2.94. The molecule has 0 fully saturated rings. The molecule has 6 nitrogen and oxygen atoms in total. The molecule has 10 heteroatoms. The first-order chi connectivity index (χ1) is 13.8. The van der Waals surface area contributed by atoms with Crippen molar-refractivity contribution in [3.05, 3.63) is 70.8 Å². The first-order valence-electron chi connectivity index (χ1n) is 8.80. The van der Waals surface area contributed by atoms with Gasteiger partial charge in [0, 0.05) is 18.0 Å². The molecule has 3 heterocycles. The van der Waals surface area contributed by atoms with E-state index in [0.29, 0.717) is 16.3 Å².